The van der Waals surface area contributed by atoms with Crippen LogP contribution in [-0.2, 0) is 0 Å². The lowest BCUT2D eigenvalue weighted by Crippen LogP contribution is -2.44. The van der Waals surface area contributed by atoms with Crippen LogP contribution in [0.25, 0.3) is 0 Å². The van der Waals surface area contributed by atoms with Crippen LogP contribution in [0.15, 0.2) is 18.2 Å². The lowest BCUT2D eigenvalue weighted by Gasteiger charge is -2.35. The first-order valence-corrected chi connectivity index (χ1v) is 7.43. The monoisotopic (exact) mass is 278 g/mol. The number of rotatable bonds is 5. The maximum Gasteiger partial charge on any atom is 0.143 e. The van der Waals surface area contributed by atoms with Crippen LogP contribution in [0.1, 0.15) is 25.3 Å². The highest BCUT2D eigenvalue weighted by molar-refractivity contribution is 5.60. The molecular weight excluding hydrogens is 252 g/mol. The summed E-state index contributed by atoms with van der Waals surface area (Å²) in [5.74, 6) is 1.38. The Hall–Kier alpha value is -1.26. The summed E-state index contributed by atoms with van der Waals surface area (Å²) in [6.07, 6.45) is 0. The van der Waals surface area contributed by atoms with Gasteiger partial charge >= 0.3 is 0 Å². The normalized spacial score (nSPS) is 16.8. The number of piperazine rings is 1. The maximum atomic E-state index is 9.00. The Labute approximate surface area is 122 Å². The van der Waals surface area contributed by atoms with Crippen molar-refractivity contribution in [2.45, 2.75) is 19.8 Å². The van der Waals surface area contributed by atoms with Crippen molar-refractivity contribution in [3.8, 4) is 5.75 Å². The molecule has 1 aromatic rings. The van der Waals surface area contributed by atoms with Gasteiger partial charge in [-0.1, -0.05) is 19.9 Å². The summed E-state index contributed by atoms with van der Waals surface area (Å²) in [6.45, 7) is 8.95. The van der Waals surface area contributed by atoms with Crippen molar-refractivity contribution in [3.63, 3.8) is 0 Å². The third-order valence-corrected chi connectivity index (χ3v) is 3.84. The number of hydrogen-bond acceptors (Lipinski definition) is 4. The van der Waals surface area contributed by atoms with Crippen LogP contribution in [-0.4, -0.2) is 56.4 Å². The van der Waals surface area contributed by atoms with E-state index in [9.17, 15) is 0 Å². The zero-order valence-electron chi connectivity index (χ0n) is 12.8. The van der Waals surface area contributed by atoms with Crippen LogP contribution in [0, 0.1) is 0 Å². The van der Waals surface area contributed by atoms with Crippen LogP contribution < -0.4 is 9.64 Å². The average molecular weight is 278 g/mol. The predicted octanol–water partition coefficient (Wildman–Crippen LogP) is 1.93. The van der Waals surface area contributed by atoms with Gasteiger partial charge in [0.1, 0.15) is 12.4 Å². The summed E-state index contributed by atoms with van der Waals surface area (Å²) >= 11 is 0. The minimum atomic E-state index is 0.0497. The zero-order chi connectivity index (χ0) is 14.5. The van der Waals surface area contributed by atoms with Crippen molar-refractivity contribution in [2.75, 3.05) is 51.3 Å². The molecule has 1 fully saturated rings. The van der Waals surface area contributed by atoms with Crippen molar-refractivity contribution in [2.24, 2.45) is 0 Å². The third-order valence-electron chi connectivity index (χ3n) is 3.84. The first-order chi connectivity index (χ1) is 9.61. The Kier molecular flexibility index (Phi) is 5.26. The van der Waals surface area contributed by atoms with Crippen molar-refractivity contribution in [1.82, 2.24) is 4.90 Å². The molecule has 0 spiro atoms. The average Bonchev–Trinajstić information content (AvgIpc) is 2.45. The fraction of sp³-hybridized carbons (Fsp3) is 0.625. The van der Waals surface area contributed by atoms with E-state index in [1.165, 1.54) is 5.56 Å². The molecular formula is C16H26N2O2. The standard InChI is InChI=1S/C16H26N2O2/c1-13(2)14-4-5-15(16(12-14)20-11-10-19)18-8-6-17(3)7-9-18/h4-5,12-13,19H,6-11H2,1-3H3. The molecule has 0 radical (unpaired) electrons. The van der Waals surface area contributed by atoms with Crippen LogP contribution in [0.4, 0.5) is 5.69 Å². The van der Waals surface area contributed by atoms with Gasteiger partial charge in [-0.25, -0.2) is 0 Å². The first kappa shape index (κ1) is 15.1. The number of hydrogen-bond donors (Lipinski definition) is 1. The van der Waals surface area contributed by atoms with Crippen LogP contribution in [0.3, 0.4) is 0 Å². The van der Waals surface area contributed by atoms with Crippen LogP contribution in [0.2, 0.25) is 0 Å². The molecule has 4 heteroatoms. The van der Waals surface area contributed by atoms with E-state index in [1.807, 2.05) is 0 Å². The molecule has 1 N–H and O–H groups in total. The zero-order valence-corrected chi connectivity index (χ0v) is 12.8. The Morgan fingerprint density at radius 3 is 2.50 bits per heavy atom. The highest BCUT2D eigenvalue weighted by Gasteiger charge is 2.18. The number of benzene rings is 1. The Morgan fingerprint density at radius 2 is 1.90 bits per heavy atom. The van der Waals surface area contributed by atoms with Gasteiger partial charge in [0.15, 0.2) is 0 Å². The van der Waals surface area contributed by atoms with Gasteiger partial charge < -0.3 is 19.6 Å². The van der Waals surface area contributed by atoms with Crippen molar-refractivity contribution in [1.29, 1.82) is 0 Å². The van der Waals surface area contributed by atoms with Gasteiger partial charge in [-0.05, 0) is 30.7 Å². The molecule has 0 unspecified atom stereocenters. The topological polar surface area (TPSA) is 35.9 Å². The summed E-state index contributed by atoms with van der Waals surface area (Å²) in [5, 5.41) is 9.00. The van der Waals surface area contributed by atoms with Gasteiger partial charge in [-0.3, -0.25) is 0 Å². The molecule has 20 heavy (non-hydrogen) atoms. The minimum absolute atomic E-state index is 0.0497. The van der Waals surface area contributed by atoms with E-state index in [2.05, 4.69) is 48.9 Å². The quantitative estimate of drug-likeness (QED) is 0.893. The molecule has 112 valence electrons. The van der Waals surface area contributed by atoms with E-state index in [0.717, 1.165) is 37.6 Å². The van der Waals surface area contributed by atoms with Gasteiger partial charge in [0.2, 0.25) is 0 Å². The van der Waals surface area contributed by atoms with Gasteiger partial charge in [0.05, 0.1) is 12.3 Å². The molecule has 1 aliphatic heterocycles. The molecule has 0 aliphatic carbocycles. The smallest absolute Gasteiger partial charge is 0.143 e. The highest BCUT2D eigenvalue weighted by atomic mass is 16.5. The Bertz CT molecular complexity index is 426. The molecule has 0 atom stereocenters. The second kappa shape index (κ2) is 6.95. The summed E-state index contributed by atoms with van der Waals surface area (Å²) < 4.78 is 5.75. The third kappa shape index (κ3) is 3.64. The Balaban J connectivity index is 2.21. The van der Waals surface area contributed by atoms with Gasteiger partial charge in [-0.2, -0.15) is 0 Å². The molecule has 0 aromatic heterocycles. The van der Waals surface area contributed by atoms with Crippen molar-refractivity contribution >= 4 is 5.69 Å². The van der Waals surface area contributed by atoms with Crippen LogP contribution >= 0.6 is 0 Å². The second-order valence-electron chi connectivity index (χ2n) is 5.74. The number of aliphatic hydroxyl groups is 1. The highest BCUT2D eigenvalue weighted by Crippen LogP contribution is 2.32. The van der Waals surface area contributed by atoms with E-state index in [4.69, 9.17) is 9.84 Å². The number of ether oxygens (including phenoxy) is 1. The van der Waals surface area contributed by atoms with Gasteiger partial charge in [0.25, 0.3) is 0 Å². The molecule has 0 bridgehead atoms. The molecule has 1 aliphatic rings. The fourth-order valence-corrected chi connectivity index (χ4v) is 2.47. The number of nitrogens with zero attached hydrogens (tertiary/aromatic N) is 2. The van der Waals surface area contributed by atoms with Crippen molar-refractivity contribution < 1.29 is 9.84 Å². The lowest BCUT2D eigenvalue weighted by molar-refractivity contribution is 0.201. The lowest BCUT2D eigenvalue weighted by atomic mass is 10.0. The van der Waals surface area contributed by atoms with Gasteiger partial charge in [0, 0.05) is 26.2 Å². The maximum absolute atomic E-state index is 9.00. The SMILES string of the molecule is CC(C)c1ccc(N2CCN(C)CC2)c(OCCO)c1. The molecule has 1 heterocycles. The fourth-order valence-electron chi connectivity index (χ4n) is 2.47. The predicted molar refractivity (Wildman–Crippen MR) is 82.8 cm³/mol. The molecule has 1 saturated heterocycles. The molecule has 4 nitrogen and oxygen atoms in total. The summed E-state index contributed by atoms with van der Waals surface area (Å²) in [6, 6.07) is 6.46. The minimum Gasteiger partial charge on any atom is -0.489 e. The Morgan fingerprint density at radius 1 is 1.20 bits per heavy atom. The van der Waals surface area contributed by atoms with E-state index >= 15 is 0 Å². The van der Waals surface area contributed by atoms with Crippen molar-refractivity contribution in [3.05, 3.63) is 23.8 Å². The summed E-state index contributed by atoms with van der Waals surface area (Å²) in [7, 11) is 2.16. The van der Waals surface area contributed by atoms with E-state index < -0.39 is 0 Å². The largest absolute Gasteiger partial charge is 0.489 e. The van der Waals surface area contributed by atoms with Gasteiger partial charge in [-0.15, -0.1) is 0 Å². The molecule has 1 aromatic carbocycles. The second-order valence-corrected chi connectivity index (χ2v) is 5.74. The van der Waals surface area contributed by atoms with E-state index in [1.54, 1.807) is 0 Å². The summed E-state index contributed by atoms with van der Waals surface area (Å²) in [4.78, 5) is 4.71. The number of likely N-dealkylation sites (N-methyl/N-ethyl adjacent to an activating group) is 1. The first-order valence-electron chi connectivity index (χ1n) is 7.43. The van der Waals surface area contributed by atoms with E-state index in [0.29, 0.717) is 12.5 Å². The number of anilines is 1. The molecule has 0 saturated carbocycles. The van der Waals surface area contributed by atoms with E-state index in [-0.39, 0.29) is 6.61 Å². The molecule has 2 rings (SSSR count). The number of aliphatic hydroxyl groups excluding tert-OH is 1. The molecule has 0 amide bonds. The summed E-state index contributed by atoms with van der Waals surface area (Å²) in [5.41, 5.74) is 2.42. The van der Waals surface area contributed by atoms with Crippen LogP contribution in [0.5, 0.6) is 5.75 Å².